The highest BCUT2D eigenvalue weighted by atomic mass is 19.3. The average Bonchev–Trinajstić information content (AvgIpc) is 1.87. The van der Waals surface area contributed by atoms with Crippen LogP contribution in [0, 0.1) is 0 Å². The quantitative estimate of drug-likeness (QED) is 0.367. The molecule has 0 rings (SSSR count). The van der Waals surface area contributed by atoms with Gasteiger partial charge in [-0.15, -0.1) is 0 Å². The predicted octanol–water partition coefficient (Wildman–Crippen LogP) is 1.57. The van der Waals surface area contributed by atoms with E-state index < -0.39 is 24.6 Å². The molecule has 0 amide bonds. The van der Waals surface area contributed by atoms with Crippen LogP contribution in [-0.2, 0) is 9.53 Å². The second-order valence-corrected chi connectivity index (χ2v) is 1.49. The van der Waals surface area contributed by atoms with Gasteiger partial charge in [-0.2, -0.15) is 8.78 Å². The van der Waals surface area contributed by atoms with Crippen LogP contribution in [0.1, 0.15) is 0 Å². The van der Waals surface area contributed by atoms with Crippen molar-refractivity contribution < 1.29 is 27.1 Å². The maximum Gasteiger partial charge on any atom is 0.379 e. The van der Waals surface area contributed by atoms with E-state index in [4.69, 9.17) is 0 Å². The van der Waals surface area contributed by atoms with Crippen LogP contribution in [0.4, 0.5) is 17.6 Å². The lowest BCUT2D eigenvalue weighted by atomic mass is 10.6. The highest BCUT2D eigenvalue weighted by molar-refractivity contribution is 5.73. The van der Waals surface area contributed by atoms with Crippen molar-refractivity contribution in [2.75, 3.05) is 0 Å². The number of hydrogen-bond acceptors (Lipinski definition) is 2. The minimum Gasteiger partial charge on any atom is -0.421 e. The van der Waals surface area contributed by atoms with Gasteiger partial charge in [0.1, 0.15) is 0 Å². The molecule has 0 aliphatic rings. The topological polar surface area (TPSA) is 26.3 Å². The lowest BCUT2D eigenvalue weighted by molar-refractivity contribution is -0.154. The van der Waals surface area contributed by atoms with E-state index in [1.54, 1.807) is 0 Å². The predicted molar refractivity (Wildman–Crippen MR) is 27.2 cm³/mol. The third-order valence-corrected chi connectivity index (χ3v) is 0.653. The van der Waals surface area contributed by atoms with Crippen molar-refractivity contribution in [2.45, 2.75) is 12.9 Å². The maximum atomic E-state index is 11.4. The molecule has 0 spiro atoms. The SMILES string of the molecule is C=C(OC(=O)C(F)F)C(F)F. The zero-order valence-corrected chi connectivity index (χ0v) is 5.19. The Kier molecular flexibility index (Phi) is 3.56. The summed E-state index contributed by atoms with van der Waals surface area (Å²) >= 11 is 0. The van der Waals surface area contributed by atoms with Crippen molar-refractivity contribution >= 4 is 5.97 Å². The first-order valence-corrected chi connectivity index (χ1v) is 2.42. The molecule has 0 saturated carbocycles. The highest BCUT2D eigenvalue weighted by Gasteiger charge is 2.21. The molecule has 0 fully saturated rings. The van der Waals surface area contributed by atoms with E-state index in [0.717, 1.165) is 0 Å². The Bertz CT molecular complexity index is 148. The Hall–Kier alpha value is -1.07. The van der Waals surface area contributed by atoms with Gasteiger partial charge in [-0.1, -0.05) is 6.58 Å². The van der Waals surface area contributed by atoms with Crippen molar-refractivity contribution in [2.24, 2.45) is 0 Å². The largest absolute Gasteiger partial charge is 0.421 e. The Morgan fingerprint density at radius 1 is 1.18 bits per heavy atom. The molecule has 0 radical (unpaired) electrons. The van der Waals surface area contributed by atoms with Gasteiger partial charge in [-0.25, -0.2) is 13.6 Å². The molecule has 0 N–H and O–H groups in total. The van der Waals surface area contributed by atoms with Gasteiger partial charge in [0.15, 0.2) is 5.76 Å². The molecule has 0 saturated heterocycles. The van der Waals surface area contributed by atoms with Crippen molar-refractivity contribution in [1.82, 2.24) is 0 Å². The number of rotatable bonds is 3. The third kappa shape index (κ3) is 3.59. The summed E-state index contributed by atoms with van der Waals surface area (Å²) in [5.74, 6) is -3.29. The monoisotopic (exact) mass is 172 g/mol. The van der Waals surface area contributed by atoms with Crippen LogP contribution in [0.15, 0.2) is 12.3 Å². The summed E-state index contributed by atoms with van der Waals surface area (Å²) in [6.45, 7) is 2.55. The lowest BCUT2D eigenvalue weighted by Gasteiger charge is -2.03. The fourth-order valence-corrected chi connectivity index (χ4v) is 0.218. The first-order chi connectivity index (χ1) is 4.95. The maximum absolute atomic E-state index is 11.4. The second kappa shape index (κ2) is 3.95. The molecule has 6 heteroatoms. The standard InChI is InChI=1S/C5H4F4O2/c1-2(3(6)7)11-5(10)4(8)9/h3-4H,1H2. The Morgan fingerprint density at radius 2 is 1.64 bits per heavy atom. The number of halogens is 4. The van der Waals surface area contributed by atoms with Gasteiger partial charge in [0.25, 0.3) is 6.43 Å². The van der Waals surface area contributed by atoms with Crippen molar-refractivity contribution in [3.05, 3.63) is 12.3 Å². The molecule has 64 valence electrons. The zero-order chi connectivity index (χ0) is 9.02. The molecule has 0 aromatic rings. The lowest BCUT2D eigenvalue weighted by Crippen LogP contribution is -2.16. The highest BCUT2D eigenvalue weighted by Crippen LogP contribution is 2.09. The van der Waals surface area contributed by atoms with Crippen LogP contribution >= 0.6 is 0 Å². The molecule has 0 aliphatic heterocycles. The van der Waals surface area contributed by atoms with Crippen LogP contribution in [0.3, 0.4) is 0 Å². The average molecular weight is 172 g/mol. The fraction of sp³-hybridized carbons (Fsp3) is 0.400. The van der Waals surface area contributed by atoms with Crippen molar-refractivity contribution in [3.8, 4) is 0 Å². The van der Waals surface area contributed by atoms with E-state index in [2.05, 4.69) is 11.3 Å². The normalized spacial score (nSPS) is 10.4. The second-order valence-electron chi connectivity index (χ2n) is 1.49. The van der Waals surface area contributed by atoms with Crippen molar-refractivity contribution in [3.63, 3.8) is 0 Å². The van der Waals surface area contributed by atoms with E-state index in [9.17, 15) is 22.4 Å². The summed E-state index contributed by atoms with van der Waals surface area (Å²) < 4.78 is 48.9. The molecule has 0 aromatic carbocycles. The molecular weight excluding hydrogens is 168 g/mol. The number of ether oxygens (including phenoxy) is 1. The van der Waals surface area contributed by atoms with E-state index in [1.807, 2.05) is 0 Å². The number of carbonyl (C=O) groups is 1. The van der Waals surface area contributed by atoms with Crippen molar-refractivity contribution in [1.29, 1.82) is 0 Å². The Labute approximate surface area is 59.4 Å². The summed E-state index contributed by atoms with van der Waals surface area (Å²) in [7, 11) is 0. The Balaban J connectivity index is 3.86. The molecule has 0 unspecified atom stereocenters. The van der Waals surface area contributed by atoms with Gasteiger partial charge in [0.2, 0.25) is 0 Å². The number of alkyl halides is 4. The van der Waals surface area contributed by atoms with E-state index >= 15 is 0 Å². The smallest absolute Gasteiger partial charge is 0.379 e. The molecule has 0 aromatic heterocycles. The van der Waals surface area contributed by atoms with Gasteiger partial charge in [-0.05, 0) is 0 Å². The number of carbonyl (C=O) groups excluding carboxylic acids is 1. The summed E-state index contributed by atoms with van der Waals surface area (Å²) in [6, 6.07) is 0. The number of esters is 1. The van der Waals surface area contributed by atoms with E-state index in [0.29, 0.717) is 0 Å². The molecule has 0 aliphatic carbocycles. The Morgan fingerprint density at radius 3 is 1.91 bits per heavy atom. The van der Waals surface area contributed by atoms with Crippen LogP contribution < -0.4 is 0 Å². The number of hydrogen-bond donors (Lipinski definition) is 0. The summed E-state index contributed by atoms with van der Waals surface area (Å²) in [4.78, 5) is 9.89. The summed E-state index contributed by atoms with van der Waals surface area (Å²) in [6.07, 6.45) is -6.54. The minimum absolute atomic E-state index is 1.27. The minimum atomic E-state index is -3.41. The molecule has 0 atom stereocenters. The molecule has 11 heavy (non-hydrogen) atoms. The van der Waals surface area contributed by atoms with Crippen LogP contribution in [0.5, 0.6) is 0 Å². The van der Waals surface area contributed by atoms with Gasteiger partial charge in [0.05, 0.1) is 0 Å². The first-order valence-electron chi connectivity index (χ1n) is 2.42. The first kappa shape index (κ1) is 9.93. The van der Waals surface area contributed by atoms with Gasteiger partial charge < -0.3 is 4.74 Å². The van der Waals surface area contributed by atoms with Crippen LogP contribution in [0.2, 0.25) is 0 Å². The molecular formula is C5H4F4O2. The van der Waals surface area contributed by atoms with E-state index in [-0.39, 0.29) is 0 Å². The molecule has 0 heterocycles. The third-order valence-electron chi connectivity index (χ3n) is 0.653. The van der Waals surface area contributed by atoms with Crippen LogP contribution in [0.25, 0.3) is 0 Å². The summed E-state index contributed by atoms with van der Waals surface area (Å²) in [5, 5.41) is 0. The number of allylic oxidation sites excluding steroid dienone is 1. The zero-order valence-electron chi connectivity index (χ0n) is 5.19. The summed E-state index contributed by atoms with van der Waals surface area (Å²) in [5.41, 5.74) is 0. The van der Waals surface area contributed by atoms with Gasteiger partial charge in [-0.3, -0.25) is 0 Å². The molecule has 0 bridgehead atoms. The molecule has 2 nitrogen and oxygen atoms in total. The van der Waals surface area contributed by atoms with E-state index in [1.165, 1.54) is 0 Å². The van der Waals surface area contributed by atoms with Gasteiger partial charge in [0, 0.05) is 0 Å². The van der Waals surface area contributed by atoms with Crippen LogP contribution in [-0.4, -0.2) is 18.8 Å². The fourth-order valence-electron chi connectivity index (χ4n) is 0.218. The van der Waals surface area contributed by atoms with Gasteiger partial charge >= 0.3 is 12.4 Å².